The number of aromatic nitrogens is 2. The highest BCUT2D eigenvalue weighted by Gasteiger charge is 1.92. The molecule has 0 aliphatic carbocycles. The number of halogens is 1. The van der Waals surface area contributed by atoms with Gasteiger partial charge in [0.2, 0.25) is 0 Å². The van der Waals surface area contributed by atoms with Gasteiger partial charge >= 0.3 is 0 Å². The first kappa shape index (κ1) is 11.2. The van der Waals surface area contributed by atoms with E-state index >= 15 is 0 Å². The second-order valence-electron chi connectivity index (χ2n) is 1.95. The van der Waals surface area contributed by atoms with Gasteiger partial charge in [-0.1, -0.05) is 0 Å². The Hall–Kier alpha value is -0.790. The zero-order valence-electron chi connectivity index (χ0n) is 6.74. The summed E-state index contributed by atoms with van der Waals surface area (Å²) in [7, 11) is 0. The number of hydrogen-bond donors (Lipinski definition) is 3. The number of anilines is 1. The van der Waals surface area contributed by atoms with Crippen LogP contribution in [-0.4, -0.2) is 22.7 Å². The van der Waals surface area contributed by atoms with E-state index < -0.39 is 0 Å². The smallest absolute Gasteiger partial charge is 0.194 e. The molecule has 5 nitrogen and oxygen atoms in total. The molecule has 0 unspecified atom stereocenters. The minimum absolute atomic E-state index is 0. The molecule has 1 rings (SSSR count). The first-order valence-electron chi connectivity index (χ1n) is 3.39. The number of nitrogens with two attached hydrogens (primary N) is 1. The molecule has 0 spiro atoms. The molecule has 1 aromatic rings. The largest absolute Gasteiger partial charge is 0.370 e. The Labute approximate surface area is 87.9 Å². The Morgan fingerprint density at radius 2 is 2.58 bits per heavy atom. The van der Waals surface area contributed by atoms with Crippen LogP contribution in [-0.2, 0) is 0 Å². The maximum Gasteiger partial charge on any atom is 0.194 e. The molecule has 6 heteroatoms. The van der Waals surface area contributed by atoms with Crippen LogP contribution in [0.25, 0.3) is 0 Å². The van der Waals surface area contributed by atoms with Gasteiger partial charge in [0.05, 0.1) is 6.20 Å². The third-order valence-corrected chi connectivity index (χ3v) is 1.09. The van der Waals surface area contributed by atoms with Crippen LogP contribution < -0.4 is 11.1 Å². The highest BCUT2D eigenvalue weighted by Crippen LogP contribution is 1.96. The number of nitrogens with zero attached hydrogens (tertiary/aromatic N) is 2. The van der Waals surface area contributed by atoms with E-state index in [2.05, 4.69) is 20.5 Å². The fourth-order valence-electron chi connectivity index (χ4n) is 0.673. The van der Waals surface area contributed by atoms with Gasteiger partial charge in [-0.2, -0.15) is 5.10 Å². The lowest BCUT2D eigenvalue weighted by molar-refractivity contribution is 1.09. The Bertz CT molecular complexity index is 230. The van der Waals surface area contributed by atoms with Crippen molar-refractivity contribution in [2.45, 2.75) is 6.92 Å². The fraction of sp³-hybridized carbons (Fsp3) is 0.333. The SMILES string of the molecule is CCN=C(N)Nc1ccn[nH]1.I. The van der Waals surface area contributed by atoms with E-state index in [0.717, 1.165) is 5.82 Å². The summed E-state index contributed by atoms with van der Waals surface area (Å²) in [6.07, 6.45) is 1.64. The number of H-pyrrole nitrogens is 1. The number of rotatable bonds is 2. The van der Waals surface area contributed by atoms with Gasteiger partial charge in [0, 0.05) is 12.6 Å². The molecule has 0 amide bonds. The lowest BCUT2D eigenvalue weighted by Crippen LogP contribution is -2.22. The molecule has 68 valence electrons. The summed E-state index contributed by atoms with van der Waals surface area (Å²) >= 11 is 0. The molecule has 0 atom stereocenters. The van der Waals surface area contributed by atoms with E-state index in [1.54, 1.807) is 12.3 Å². The van der Waals surface area contributed by atoms with Crippen molar-refractivity contribution < 1.29 is 0 Å². The molecule has 1 aromatic heterocycles. The van der Waals surface area contributed by atoms with Crippen LogP contribution >= 0.6 is 24.0 Å². The topological polar surface area (TPSA) is 79.1 Å². The Kier molecular flexibility index (Phi) is 5.43. The number of aromatic amines is 1. The number of nitrogens with one attached hydrogen (secondary N) is 2. The summed E-state index contributed by atoms with van der Waals surface area (Å²) in [5, 5.41) is 9.27. The van der Waals surface area contributed by atoms with Crippen molar-refractivity contribution >= 4 is 35.8 Å². The van der Waals surface area contributed by atoms with Crippen molar-refractivity contribution in [1.29, 1.82) is 0 Å². The van der Waals surface area contributed by atoms with E-state index in [9.17, 15) is 0 Å². The van der Waals surface area contributed by atoms with E-state index in [1.807, 2.05) is 6.92 Å². The highest BCUT2D eigenvalue weighted by molar-refractivity contribution is 14.0. The molecule has 0 radical (unpaired) electrons. The summed E-state index contributed by atoms with van der Waals surface area (Å²) in [6, 6.07) is 1.78. The average Bonchev–Trinajstić information content (AvgIpc) is 2.40. The maximum atomic E-state index is 5.47. The van der Waals surface area contributed by atoms with Crippen LogP contribution in [0.4, 0.5) is 5.82 Å². The lowest BCUT2D eigenvalue weighted by Gasteiger charge is -1.99. The van der Waals surface area contributed by atoms with Gasteiger partial charge in [-0.05, 0) is 6.92 Å². The Balaban J connectivity index is 0.00000121. The Morgan fingerprint density at radius 3 is 3.08 bits per heavy atom. The summed E-state index contributed by atoms with van der Waals surface area (Å²) in [5.74, 6) is 1.15. The van der Waals surface area contributed by atoms with E-state index in [1.165, 1.54) is 0 Å². The quantitative estimate of drug-likeness (QED) is 0.425. The molecule has 0 saturated heterocycles. The summed E-state index contributed by atoms with van der Waals surface area (Å²) in [4.78, 5) is 3.94. The molecule has 0 fully saturated rings. The van der Waals surface area contributed by atoms with Gasteiger partial charge in [0.15, 0.2) is 5.96 Å². The first-order valence-corrected chi connectivity index (χ1v) is 3.39. The van der Waals surface area contributed by atoms with Gasteiger partial charge < -0.3 is 11.1 Å². The molecule has 0 aliphatic rings. The molecular weight excluding hydrogens is 269 g/mol. The average molecular weight is 281 g/mol. The zero-order chi connectivity index (χ0) is 8.10. The molecule has 1 heterocycles. The molecule has 0 aliphatic heterocycles. The third-order valence-electron chi connectivity index (χ3n) is 1.09. The van der Waals surface area contributed by atoms with E-state index in [0.29, 0.717) is 12.5 Å². The van der Waals surface area contributed by atoms with Crippen molar-refractivity contribution in [3.8, 4) is 0 Å². The van der Waals surface area contributed by atoms with Crippen molar-refractivity contribution in [3.63, 3.8) is 0 Å². The normalized spacial score (nSPS) is 10.6. The Morgan fingerprint density at radius 1 is 1.83 bits per heavy atom. The van der Waals surface area contributed by atoms with Crippen LogP contribution in [0.15, 0.2) is 17.3 Å². The third kappa shape index (κ3) is 3.56. The number of aliphatic imine (C=N–C) groups is 1. The van der Waals surface area contributed by atoms with Crippen molar-refractivity contribution in [2.24, 2.45) is 10.7 Å². The predicted molar refractivity (Wildman–Crippen MR) is 59.8 cm³/mol. The standard InChI is InChI=1S/C6H11N5.HI/c1-2-8-6(7)10-5-3-4-9-11-5;/h3-4H,2H2,1H3,(H4,7,8,9,10,11);1H. The summed E-state index contributed by atoms with van der Waals surface area (Å²) < 4.78 is 0. The molecule has 4 N–H and O–H groups in total. The second-order valence-corrected chi connectivity index (χ2v) is 1.95. The summed E-state index contributed by atoms with van der Waals surface area (Å²) in [6.45, 7) is 2.59. The monoisotopic (exact) mass is 281 g/mol. The van der Waals surface area contributed by atoms with Crippen LogP contribution in [0.1, 0.15) is 6.92 Å². The van der Waals surface area contributed by atoms with Crippen LogP contribution in [0, 0.1) is 0 Å². The minimum atomic E-state index is 0. The maximum absolute atomic E-state index is 5.47. The highest BCUT2D eigenvalue weighted by atomic mass is 127. The predicted octanol–water partition coefficient (Wildman–Crippen LogP) is 0.774. The first-order chi connectivity index (χ1) is 5.33. The minimum Gasteiger partial charge on any atom is -0.370 e. The van der Waals surface area contributed by atoms with Gasteiger partial charge in [-0.15, -0.1) is 24.0 Å². The molecular formula is C6H12IN5. The van der Waals surface area contributed by atoms with Crippen LogP contribution in [0.3, 0.4) is 0 Å². The molecule has 0 saturated carbocycles. The number of hydrogen-bond acceptors (Lipinski definition) is 2. The fourth-order valence-corrected chi connectivity index (χ4v) is 0.673. The molecule has 0 bridgehead atoms. The second kappa shape index (κ2) is 5.81. The van der Waals surface area contributed by atoms with E-state index in [-0.39, 0.29) is 24.0 Å². The lowest BCUT2D eigenvalue weighted by atomic mass is 10.6. The van der Waals surface area contributed by atoms with Crippen molar-refractivity contribution in [3.05, 3.63) is 12.3 Å². The zero-order valence-corrected chi connectivity index (χ0v) is 9.07. The molecule has 12 heavy (non-hydrogen) atoms. The number of guanidine groups is 1. The molecule has 0 aromatic carbocycles. The van der Waals surface area contributed by atoms with Crippen LogP contribution in [0.5, 0.6) is 0 Å². The van der Waals surface area contributed by atoms with Gasteiger partial charge in [-0.25, -0.2) is 0 Å². The summed E-state index contributed by atoms with van der Waals surface area (Å²) in [5.41, 5.74) is 5.47. The van der Waals surface area contributed by atoms with Gasteiger partial charge in [0.1, 0.15) is 5.82 Å². The van der Waals surface area contributed by atoms with Gasteiger partial charge in [-0.3, -0.25) is 10.1 Å². The van der Waals surface area contributed by atoms with E-state index in [4.69, 9.17) is 5.73 Å². The van der Waals surface area contributed by atoms with Crippen LogP contribution in [0.2, 0.25) is 0 Å². The van der Waals surface area contributed by atoms with Crippen molar-refractivity contribution in [1.82, 2.24) is 10.2 Å². The van der Waals surface area contributed by atoms with Crippen molar-refractivity contribution in [2.75, 3.05) is 11.9 Å². The van der Waals surface area contributed by atoms with Gasteiger partial charge in [0.25, 0.3) is 0 Å².